The molecule has 130 valence electrons. The van der Waals surface area contributed by atoms with Crippen molar-refractivity contribution in [3.05, 3.63) is 53.6 Å². The van der Waals surface area contributed by atoms with Gasteiger partial charge in [0, 0.05) is 9.79 Å². The fourth-order valence-corrected chi connectivity index (χ4v) is 4.32. The molecule has 4 nitrogen and oxygen atoms in total. The summed E-state index contributed by atoms with van der Waals surface area (Å²) in [6.45, 7) is 0. The van der Waals surface area contributed by atoms with Crippen LogP contribution >= 0.6 is 23.5 Å². The fourth-order valence-electron chi connectivity index (χ4n) is 2.82. The maximum Gasteiger partial charge on any atom is 0.234 e. The molecule has 2 aromatic carbocycles. The fraction of sp³-hybridized carbons (Fsp3) is 0.263. The van der Waals surface area contributed by atoms with Gasteiger partial charge in [-0.3, -0.25) is 9.59 Å². The van der Waals surface area contributed by atoms with Crippen molar-refractivity contribution in [2.75, 3.05) is 16.8 Å². The smallest absolute Gasteiger partial charge is 0.234 e. The molecule has 0 atom stereocenters. The molecular weight excluding hydrogens is 352 g/mol. The number of fused-ring (bicyclic) bond motifs is 1. The van der Waals surface area contributed by atoms with E-state index in [1.807, 2.05) is 24.3 Å². The summed E-state index contributed by atoms with van der Waals surface area (Å²) in [7, 11) is 0. The summed E-state index contributed by atoms with van der Waals surface area (Å²) in [6, 6.07) is 13.9. The summed E-state index contributed by atoms with van der Waals surface area (Å²) < 4.78 is 0. The zero-order valence-corrected chi connectivity index (χ0v) is 15.4. The predicted octanol–water partition coefficient (Wildman–Crippen LogP) is 3.48. The van der Waals surface area contributed by atoms with Crippen molar-refractivity contribution in [2.24, 2.45) is 5.73 Å². The first-order valence-electron chi connectivity index (χ1n) is 8.16. The average molecular weight is 373 g/mol. The maximum absolute atomic E-state index is 12.3. The molecule has 2 amide bonds. The van der Waals surface area contributed by atoms with Crippen LogP contribution in [0.3, 0.4) is 0 Å². The third kappa shape index (κ3) is 5.03. The van der Waals surface area contributed by atoms with Gasteiger partial charge in [0.05, 0.1) is 17.2 Å². The Morgan fingerprint density at radius 3 is 2.64 bits per heavy atom. The van der Waals surface area contributed by atoms with E-state index in [2.05, 4.69) is 23.5 Å². The van der Waals surface area contributed by atoms with Gasteiger partial charge in [0.25, 0.3) is 0 Å². The van der Waals surface area contributed by atoms with Gasteiger partial charge in [-0.25, -0.2) is 0 Å². The number of hydrogen-bond acceptors (Lipinski definition) is 4. The van der Waals surface area contributed by atoms with E-state index in [4.69, 9.17) is 5.73 Å². The van der Waals surface area contributed by atoms with Crippen LogP contribution < -0.4 is 11.1 Å². The summed E-state index contributed by atoms with van der Waals surface area (Å²) in [6.07, 6.45) is 3.53. The molecular formula is C19H20N2O2S2. The molecule has 0 saturated carbocycles. The Morgan fingerprint density at radius 2 is 1.80 bits per heavy atom. The molecule has 0 unspecified atom stereocenters. The maximum atomic E-state index is 12.3. The molecule has 0 radical (unpaired) electrons. The van der Waals surface area contributed by atoms with E-state index in [1.54, 1.807) is 11.8 Å². The number of anilines is 1. The molecule has 0 fully saturated rings. The van der Waals surface area contributed by atoms with Crippen LogP contribution in [0, 0.1) is 0 Å². The van der Waals surface area contributed by atoms with Crippen LogP contribution in [-0.4, -0.2) is 23.3 Å². The summed E-state index contributed by atoms with van der Waals surface area (Å²) in [5.41, 5.74) is 8.76. The van der Waals surface area contributed by atoms with Gasteiger partial charge in [0.15, 0.2) is 0 Å². The molecule has 2 aromatic rings. The van der Waals surface area contributed by atoms with Crippen LogP contribution in [0.4, 0.5) is 5.69 Å². The molecule has 0 aliphatic heterocycles. The van der Waals surface area contributed by atoms with E-state index in [-0.39, 0.29) is 17.6 Å². The number of rotatable bonds is 7. The average Bonchev–Trinajstić information content (AvgIpc) is 3.07. The molecule has 3 rings (SSSR count). The third-order valence-corrected chi connectivity index (χ3v) is 6.06. The van der Waals surface area contributed by atoms with Gasteiger partial charge in [-0.1, -0.05) is 18.2 Å². The van der Waals surface area contributed by atoms with Crippen LogP contribution in [-0.2, 0) is 22.4 Å². The molecule has 0 bridgehead atoms. The highest BCUT2D eigenvalue weighted by atomic mass is 32.2. The Labute approximate surface area is 155 Å². The molecule has 6 heteroatoms. The number of amides is 2. The van der Waals surface area contributed by atoms with Crippen molar-refractivity contribution < 1.29 is 9.59 Å². The van der Waals surface area contributed by atoms with E-state index < -0.39 is 0 Å². The number of thioether (sulfide) groups is 2. The van der Waals surface area contributed by atoms with Crippen LogP contribution in [0.15, 0.2) is 52.3 Å². The molecule has 0 spiro atoms. The number of aryl methyl sites for hydroxylation is 2. The topological polar surface area (TPSA) is 72.2 Å². The van der Waals surface area contributed by atoms with Gasteiger partial charge >= 0.3 is 0 Å². The van der Waals surface area contributed by atoms with E-state index >= 15 is 0 Å². The van der Waals surface area contributed by atoms with Crippen LogP contribution in [0.25, 0.3) is 0 Å². The highest BCUT2D eigenvalue weighted by molar-refractivity contribution is 8.00. The van der Waals surface area contributed by atoms with E-state index in [9.17, 15) is 9.59 Å². The van der Waals surface area contributed by atoms with E-state index in [0.717, 1.165) is 16.2 Å². The van der Waals surface area contributed by atoms with Crippen molar-refractivity contribution >= 4 is 41.0 Å². The Balaban J connectivity index is 1.57. The van der Waals surface area contributed by atoms with Crippen molar-refractivity contribution in [1.29, 1.82) is 0 Å². The van der Waals surface area contributed by atoms with Gasteiger partial charge in [0.2, 0.25) is 11.8 Å². The first kappa shape index (κ1) is 17.9. The number of nitrogens with one attached hydrogen (secondary N) is 1. The third-order valence-electron chi connectivity index (χ3n) is 3.97. The largest absolute Gasteiger partial charge is 0.369 e. The number of nitrogens with two attached hydrogens (primary N) is 1. The van der Waals surface area contributed by atoms with Gasteiger partial charge in [-0.15, -0.1) is 23.5 Å². The highest BCUT2D eigenvalue weighted by Crippen LogP contribution is 2.29. The van der Waals surface area contributed by atoms with Crippen LogP contribution in [0.1, 0.15) is 17.5 Å². The number of carbonyl (C=O) groups is 2. The summed E-state index contributed by atoms with van der Waals surface area (Å²) in [4.78, 5) is 25.2. The molecule has 0 aromatic heterocycles. The number of hydrogen-bond donors (Lipinski definition) is 2. The standard InChI is InChI=1S/C19H20N2O2S2/c20-18(22)11-25-17-7-2-1-6-16(17)21-19(23)12-24-15-9-8-13-4-3-5-14(13)10-15/h1-2,6-10H,3-5,11-12H2,(H2,20,22)(H,21,23). The lowest BCUT2D eigenvalue weighted by Gasteiger charge is -2.10. The number of benzene rings is 2. The first-order chi connectivity index (χ1) is 12.1. The molecule has 3 N–H and O–H groups in total. The Bertz CT molecular complexity index is 793. The van der Waals surface area contributed by atoms with Gasteiger partial charge < -0.3 is 11.1 Å². The van der Waals surface area contributed by atoms with Crippen LogP contribution in [0.2, 0.25) is 0 Å². The lowest BCUT2D eigenvalue weighted by atomic mass is 10.1. The number of carbonyl (C=O) groups excluding carboxylic acids is 2. The zero-order chi connectivity index (χ0) is 17.6. The predicted molar refractivity (Wildman–Crippen MR) is 104 cm³/mol. The Hall–Kier alpha value is -1.92. The summed E-state index contributed by atoms with van der Waals surface area (Å²) >= 11 is 2.87. The number of primary amides is 1. The number of para-hydroxylation sites is 1. The lowest BCUT2D eigenvalue weighted by molar-refractivity contribution is -0.115. The van der Waals surface area contributed by atoms with Gasteiger partial charge in [0.1, 0.15) is 0 Å². The minimum Gasteiger partial charge on any atom is -0.369 e. The minimum absolute atomic E-state index is 0.0578. The Morgan fingerprint density at radius 1 is 1.00 bits per heavy atom. The summed E-state index contributed by atoms with van der Waals surface area (Å²) in [5, 5.41) is 2.92. The minimum atomic E-state index is -0.377. The Kier molecular flexibility index (Phi) is 6.04. The first-order valence-corrected chi connectivity index (χ1v) is 10.1. The van der Waals surface area contributed by atoms with Crippen molar-refractivity contribution in [3.63, 3.8) is 0 Å². The van der Waals surface area contributed by atoms with E-state index in [1.165, 1.54) is 35.7 Å². The second-order valence-corrected chi connectivity index (χ2v) is 7.94. The quantitative estimate of drug-likeness (QED) is 0.730. The SMILES string of the molecule is NC(=O)CSc1ccccc1NC(=O)CSc1ccc2c(c1)CCC2. The zero-order valence-electron chi connectivity index (χ0n) is 13.8. The van der Waals surface area contributed by atoms with Gasteiger partial charge in [-0.05, 0) is 54.7 Å². The second-order valence-electron chi connectivity index (χ2n) is 5.87. The molecule has 1 aliphatic rings. The second kappa shape index (κ2) is 8.45. The van der Waals surface area contributed by atoms with Crippen LogP contribution in [0.5, 0.6) is 0 Å². The van der Waals surface area contributed by atoms with Crippen molar-refractivity contribution in [2.45, 2.75) is 29.1 Å². The molecule has 1 aliphatic carbocycles. The normalized spacial score (nSPS) is 12.6. The molecule has 0 saturated heterocycles. The van der Waals surface area contributed by atoms with E-state index in [0.29, 0.717) is 11.4 Å². The molecule has 0 heterocycles. The monoisotopic (exact) mass is 372 g/mol. The lowest BCUT2D eigenvalue weighted by Crippen LogP contribution is -2.16. The molecule has 25 heavy (non-hydrogen) atoms. The van der Waals surface area contributed by atoms with Crippen molar-refractivity contribution in [3.8, 4) is 0 Å². The highest BCUT2D eigenvalue weighted by Gasteiger charge is 2.12. The van der Waals surface area contributed by atoms with Gasteiger partial charge in [-0.2, -0.15) is 0 Å². The summed E-state index contributed by atoms with van der Waals surface area (Å²) in [5.74, 6) is 0.112. The van der Waals surface area contributed by atoms with Crippen molar-refractivity contribution in [1.82, 2.24) is 0 Å².